The first-order valence-corrected chi connectivity index (χ1v) is 5.69. The third-order valence-electron chi connectivity index (χ3n) is 1.77. The average Bonchev–Trinajstić information content (AvgIpc) is 2.30. The summed E-state index contributed by atoms with van der Waals surface area (Å²) in [6.07, 6.45) is 13.6. The zero-order chi connectivity index (χ0) is 12.9. The molecule has 0 saturated heterocycles. The van der Waals surface area contributed by atoms with E-state index in [4.69, 9.17) is 6.42 Å². The molecule has 17 heavy (non-hydrogen) atoms. The zero-order valence-corrected chi connectivity index (χ0v) is 10.5. The van der Waals surface area contributed by atoms with Crippen molar-refractivity contribution in [2.75, 3.05) is 6.54 Å². The number of carbonyl (C=O) groups excluding carboxylic acids is 1. The van der Waals surface area contributed by atoms with Gasteiger partial charge in [0.25, 0.3) is 0 Å². The molecule has 0 aromatic heterocycles. The normalized spacial score (nSPS) is 10.2. The molecule has 1 amide bonds. The molecule has 0 atom stereocenters. The van der Waals surface area contributed by atoms with Crippen LogP contribution >= 0.6 is 0 Å². The smallest absolute Gasteiger partial charge is 0.243 e. The monoisotopic (exact) mass is 229 g/mol. The maximum absolute atomic E-state index is 11.3. The lowest BCUT2D eigenvalue weighted by Gasteiger charge is -2.03. The molecule has 0 aromatic rings. The molecule has 2 heteroatoms. The van der Waals surface area contributed by atoms with Crippen molar-refractivity contribution < 1.29 is 4.79 Å². The molecule has 0 fully saturated rings. The molecule has 0 aromatic carbocycles. The van der Waals surface area contributed by atoms with Crippen molar-refractivity contribution in [3.63, 3.8) is 0 Å². The fourth-order valence-corrected chi connectivity index (χ4v) is 0.958. The molecule has 90 valence electrons. The Morgan fingerprint density at radius 1 is 1.35 bits per heavy atom. The number of rotatable bonds is 6. The highest BCUT2D eigenvalue weighted by molar-refractivity contribution is 5.87. The van der Waals surface area contributed by atoms with Crippen LogP contribution in [-0.2, 0) is 4.79 Å². The van der Waals surface area contributed by atoms with E-state index in [1.54, 1.807) is 6.08 Å². The van der Waals surface area contributed by atoms with Gasteiger partial charge in [-0.05, 0) is 30.3 Å². The Morgan fingerprint density at radius 2 is 2.12 bits per heavy atom. The summed E-state index contributed by atoms with van der Waals surface area (Å²) in [6.45, 7) is 4.83. The lowest BCUT2D eigenvalue weighted by Crippen LogP contribution is -2.25. The van der Waals surface area contributed by atoms with Crippen LogP contribution in [-0.4, -0.2) is 12.5 Å². The molecular formula is C15H19NO. The Morgan fingerprint density at radius 3 is 2.76 bits per heavy atom. The number of allylic oxidation sites excluding steroid dienone is 3. The summed E-state index contributed by atoms with van der Waals surface area (Å²) in [5.74, 6) is 8.00. The first-order chi connectivity index (χ1) is 8.16. The van der Waals surface area contributed by atoms with Crippen molar-refractivity contribution in [3.05, 3.63) is 24.3 Å². The van der Waals surface area contributed by atoms with Crippen molar-refractivity contribution in [2.45, 2.75) is 26.7 Å². The van der Waals surface area contributed by atoms with Gasteiger partial charge in [0.15, 0.2) is 0 Å². The van der Waals surface area contributed by atoms with Gasteiger partial charge in [0.1, 0.15) is 0 Å². The van der Waals surface area contributed by atoms with Crippen LogP contribution in [0.1, 0.15) is 26.7 Å². The van der Waals surface area contributed by atoms with E-state index in [0.717, 1.165) is 6.42 Å². The second-order valence-electron chi connectivity index (χ2n) is 3.90. The Kier molecular flexibility index (Phi) is 9.38. The summed E-state index contributed by atoms with van der Waals surface area (Å²) >= 11 is 0. The summed E-state index contributed by atoms with van der Waals surface area (Å²) < 4.78 is 0. The Hall–Kier alpha value is -1.93. The van der Waals surface area contributed by atoms with Crippen LogP contribution in [0.2, 0.25) is 0 Å². The highest BCUT2D eigenvalue weighted by atomic mass is 16.1. The molecule has 2 nitrogen and oxygen atoms in total. The quantitative estimate of drug-likeness (QED) is 0.422. The highest BCUT2D eigenvalue weighted by Crippen LogP contribution is 1.90. The lowest BCUT2D eigenvalue weighted by atomic mass is 10.2. The van der Waals surface area contributed by atoms with Crippen molar-refractivity contribution in [2.24, 2.45) is 5.92 Å². The molecule has 0 radical (unpaired) electrons. The molecular weight excluding hydrogens is 210 g/mol. The fraction of sp³-hybridized carbons (Fsp3) is 0.400. The Labute approximate surface area is 104 Å². The van der Waals surface area contributed by atoms with Crippen LogP contribution in [0.3, 0.4) is 0 Å². The Bertz CT molecular complexity index is 372. The third-order valence-corrected chi connectivity index (χ3v) is 1.77. The lowest BCUT2D eigenvalue weighted by molar-refractivity contribution is -0.116. The molecule has 0 saturated carbocycles. The van der Waals surface area contributed by atoms with Crippen LogP contribution < -0.4 is 5.32 Å². The van der Waals surface area contributed by atoms with E-state index in [2.05, 4.69) is 36.9 Å². The van der Waals surface area contributed by atoms with Gasteiger partial charge in [-0.25, -0.2) is 0 Å². The topological polar surface area (TPSA) is 29.1 Å². The van der Waals surface area contributed by atoms with E-state index in [-0.39, 0.29) is 5.91 Å². The number of carbonyl (C=O) groups is 1. The van der Waals surface area contributed by atoms with Gasteiger partial charge in [0.05, 0.1) is 0 Å². The molecule has 0 bridgehead atoms. The van der Waals surface area contributed by atoms with Gasteiger partial charge in [0.2, 0.25) is 5.91 Å². The predicted octanol–water partition coefficient (Wildman–Crippen LogP) is 2.29. The molecule has 0 aliphatic rings. The summed E-state index contributed by atoms with van der Waals surface area (Å²) in [5.41, 5.74) is 0. The maximum atomic E-state index is 11.3. The third kappa shape index (κ3) is 12.0. The molecule has 0 aliphatic heterocycles. The van der Waals surface area contributed by atoms with Crippen molar-refractivity contribution >= 4 is 5.91 Å². The van der Waals surface area contributed by atoms with Gasteiger partial charge in [-0.1, -0.05) is 38.0 Å². The predicted molar refractivity (Wildman–Crippen MR) is 72.0 cm³/mol. The molecule has 0 unspecified atom stereocenters. The van der Waals surface area contributed by atoms with Crippen LogP contribution in [0.5, 0.6) is 0 Å². The van der Waals surface area contributed by atoms with Crippen LogP contribution in [0.15, 0.2) is 24.3 Å². The molecule has 0 spiro atoms. The van der Waals surface area contributed by atoms with Crippen molar-refractivity contribution in [1.82, 2.24) is 5.32 Å². The van der Waals surface area contributed by atoms with E-state index in [1.807, 2.05) is 18.2 Å². The van der Waals surface area contributed by atoms with Crippen molar-refractivity contribution in [3.8, 4) is 24.2 Å². The number of nitrogens with one attached hydrogen (secondary N) is 1. The van der Waals surface area contributed by atoms with Gasteiger partial charge in [-0.3, -0.25) is 4.79 Å². The first kappa shape index (κ1) is 15.1. The SMILES string of the molecule is C#CC#CCC=CCC=CC(=O)NCC(C)C. The van der Waals surface area contributed by atoms with E-state index >= 15 is 0 Å². The summed E-state index contributed by atoms with van der Waals surface area (Å²) in [5, 5.41) is 2.81. The molecule has 0 heterocycles. The second-order valence-corrected chi connectivity index (χ2v) is 3.90. The van der Waals surface area contributed by atoms with Crippen LogP contribution in [0.25, 0.3) is 0 Å². The number of amides is 1. The van der Waals surface area contributed by atoms with Crippen molar-refractivity contribution in [1.29, 1.82) is 0 Å². The molecule has 1 N–H and O–H groups in total. The standard InChI is InChI=1S/C15H19NO/c1-4-5-6-7-8-9-10-11-12-15(17)16-13-14(2)3/h1,8-9,11-12,14H,7,10,13H2,2-3H3,(H,16,17). The number of hydrogen-bond acceptors (Lipinski definition) is 1. The second kappa shape index (κ2) is 10.6. The highest BCUT2D eigenvalue weighted by Gasteiger charge is 1.95. The first-order valence-electron chi connectivity index (χ1n) is 5.69. The minimum atomic E-state index is -0.0424. The number of terminal acetylenes is 1. The van der Waals surface area contributed by atoms with Gasteiger partial charge in [-0.2, -0.15) is 0 Å². The largest absolute Gasteiger partial charge is 0.352 e. The minimum Gasteiger partial charge on any atom is -0.352 e. The average molecular weight is 229 g/mol. The summed E-state index contributed by atoms with van der Waals surface area (Å²) in [4.78, 5) is 11.3. The van der Waals surface area contributed by atoms with Crippen LogP contribution in [0, 0.1) is 30.1 Å². The molecule has 0 rings (SSSR count). The molecule has 0 aliphatic carbocycles. The van der Waals surface area contributed by atoms with Gasteiger partial charge in [0, 0.05) is 13.0 Å². The maximum Gasteiger partial charge on any atom is 0.243 e. The summed E-state index contributed by atoms with van der Waals surface area (Å²) in [6, 6.07) is 0. The van der Waals surface area contributed by atoms with E-state index in [9.17, 15) is 4.79 Å². The zero-order valence-electron chi connectivity index (χ0n) is 10.5. The van der Waals surface area contributed by atoms with Gasteiger partial charge in [-0.15, -0.1) is 6.42 Å². The van der Waals surface area contributed by atoms with Gasteiger partial charge >= 0.3 is 0 Å². The van der Waals surface area contributed by atoms with Gasteiger partial charge < -0.3 is 5.32 Å². The van der Waals surface area contributed by atoms with E-state index in [1.165, 1.54) is 0 Å². The van der Waals surface area contributed by atoms with Crippen LogP contribution in [0.4, 0.5) is 0 Å². The van der Waals surface area contributed by atoms with E-state index in [0.29, 0.717) is 18.9 Å². The fourth-order valence-electron chi connectivity index (χ4n) is 0.958. The minimum absolute atomic E-state index is 0.0424. The Balaban J connectivity index is 3.66. The number of hydrogen-bond donors (Lipinski definition) is 1. The summed E-state index contributed by atoms with van der Waals surface area (Å²) in [7, 11) is 0. The van der Waals surface area contributed by atoms with E-state index < -0.39 is 0 Å².